The van der Waals surface area contributed by atoms with Gasteiger partial charge in [0.15, 0.2) is 0 Å². The van der Waals surface area contributed by atoms with Gasteiger partial charge in [-0.25, -0.2) is 0 Å². The van der Waals surface area contributed by atoms with Crippen molar-refractivity contribution in [3.8, 4) is 0 Å². The van der Waals surface area contributed by atoms with Crippen molar-refractivity contribution in [2.75, 3.05) is 31.1 Å². The van der Waals surface area contributed by atoms with E-state index in [2.05, 4.69) is 4.90 Å². The van der Waals surface area contributed by atoms with Crippen LogP contribution in [0.3, 0.4) is 0 Å². The van der Waals surface area contributed by atoms with Gasteiger partial charge in [0, 0.05) is 26.2 Å². The van der Waals surface area contributed by atoms with Gasteiger partial charge in [0.25, 0.3) is 0 Å². The second kappa shape index (κ2) is 5.91. The van der Waals surface area contributed by atoms with Gasteiger partial charge in [0.2, 0.25) is 5.91 Å². The van der Waals surface area contributed by atoms with Crippen LogP contribution in [-0.2, 0) is 4.79 Å². The molecule has 0 radical (unpaired) electrons. The van der Waals surface area contributed by atoms with Crippen LogP contribution in [0.25, 0.3) is 0 Å². The zero-order valence-electron chi connectivity index (χ0n) is 10.5. The van der Waals surface area contributed by atoms with Gasteiger partial charge in [-0.15, -0.1) is 0 Å². The molecule has 1 aliphatic rings. The number of piperazine rings is 1. The zero-order valence-corrected chi connectivity index (χ0v) is 11.2. The number of amides is 1. The largest absolute Gasteiger partial charge is 0.367 e. The minimum atomic E-state index is 0.0938. The van der Waals surface area contributed by atoms with Crippen molar-refractivity contribution < 1.29 is 4.79 Å². The predicted molar refractivity (Wildman–Crippen MR) is 75.1 cm³/mol. The lowest BCUT2D eigenvalue weighted by Crippen LogP contribution is -2.48. The molecule has 0 saturated carbocycles. The van der Waals surface area contributed by atoms with E-state index in [9.17, 15) is 4.79 Å². The number of hydrogen-bond donors (Lipinski definition) is 0. The Morgan fingerprint density at radius 3 is 2.50 bits per heavy atom. The highest BCUT2D eigenvalue weighted by Crippen LogP contribution is 2.25. The highest BCUT2D eigenvalue weighted by atomic mass is 35.5. The van der Waals surface area contributed by atoms with Gasteiger partial charge < -0.3 is 9.80 Å². The molecule has 3 nitrogen and oxygen atoms in total. The molecule has 96 valence electrons. The maximum absolute atomic E-state index is 11.7. The quantitative estimate of drug-likeness (QED) is 0.767. The molecule has 1 amide bonds. The van der Waals surface area contributed by atoms with Gasteiger partial charge in [-0.3, -0.25) is 4.79 Å². The first-order chi connectivity index (χ1) is 8.72. The van der Waals surface area contributed by atoms with E-state index >= 15 is 0 Å². The van der Waals surface area contributed by atoms with E-state index in [1.54, 1.807) is 12.2 Å². The SMILES string of the molecule is C/C=C\C(=O)N1CCN(c2ccccc2Cl)CC1. The zero-order chi connectivity index (χ0) is 13.0. The lowest BCUT2D eigenvalue weighted by Gasteiger charge is -2.36. The summed E-state index contributed by atoms with van der Waals surface area (Å²) in [6.45, 7) is 5.00. The number of nitrogens with zero attached hydrogens (tertiary/aromatic N) is 2. The number of carbonyl (C=O) groups is 1. The number of rotatable bonds is 2. The van der Waals surface area contributed by atoms with E-state index in [0.717, 1.165) is 36.9 Å². The molecular formula is C14H17ClN2O. The van der Waals surface area contributed by atoms with Gasteiger partial charge in [0.05, 0.1) is 10.7 Å². The van der Waals surface area contributed by atoms with E-state index in [0.29, 0.717) is 0 Å². The van der Waals surface area contributed by atoms with E-state index in [-0.39, 0.29) is 5.91 Å². The molecule has 1 aliphatic heterocycles. The summed E-state index contributed by atoms with van der Waals surface area (Å²) >= 11 is 6.17. The third kappa shape index (κ3) is 2.85. The Morgan fingerprint density at radius 2 is 1.89 bits per heavy atom. The number of para-hydroxylation sites is 1. The second-order valence-electron chi connectivity index (χ2n) is 4.26. The van der Waals surface area contributed by atoms with Gasteiger partial charge in [-0.05, 0) is 25.1 Å². The lowest BCUT2D eigenvalue weighted by atomic mass is 10.2. The van der Waals surface area contributed by atoms with Crippen LogP contribution in [0.1, 0.15) is 6.92 Å². The first-order valence-electron chi connectivity index (χ1n) is 6.13. The third-order valence-corrected chi connectivity index (χ3v) is 3.41. The molecule has 18 heavy (non-hydrogen) atoms. The molecule has 0 unspecified atom stereocenters. The van der Waals surface area contributed by atoms with Crippen molar-refractivity contribution in [3.63, 3.8) is 0 Å². The normalized spacial score (nSPS) is 16.3. The molecule has 4 heteroatoms. The third-order valence-electron chi connectivity index (χ3n) is 3.09. The first kappa shape index (κ1) is 13.0. The van der Waals surface area contributed by atoms with Gasteiger partial charge in [-0.2, -0.15) is 0 Å². The van der Waals surface area contributed by atoms with Crippen molar-refractivity contribution in [1.82, 2.24) is 4.90 Å². The predicted octanol–water partition coefficient (Wildman–Crippen LogP) is 2.56. The average Bonchev–Trinajstić information content (AvgIpc) is 2.40. The Balaban J connectivity index is 1.99. The molecule has 1 fully saturated rings. The number of carbonyl (C=O) groups excluding carboxylic acids is 1. The molecule has 1 aromatic rings. The summed E-state index contributed by atoms with van der Waals surface area (Å²) < 4.78 is 0. The fourth-order valence-electron chi connectivity index (χ4n) is 2.12. The molecule has 0 aromatic heterocycles. The van der Waals surface area contributed by atoms with Crippen LogP contribution in [0.4, 0.5) is 5.69 Å². The molecule has 0 N–H and O–H groups in total. The Hall–Kier alpha value is -1.48. The topological polar surface area (TPSA) is 23.6 Å². The molecule has 0 spiro atoms. The van der Waals surface area contributed by atoms with Crippen molar-refractivity contribution in [2.45, 2.75) is 6.92 Å². The number of benzene rings is 1. The summed E-state index contributed by atoms with van der Waals surface area (Å²) in [7, 11) is 0. The minimum Gasteiger partial charge on any atom is -0.367 e. The lowest BCUT2D eigenvalue weighted by molar-refractivity contribution is -0.126. The Kier molecular flexibility index (Phi) is 4.26. The van der Waals surface area contributed by atoms with Gasteiger partial charge in [0.1, 0.15) is 0 Å². The van der Waals surface area contributed by atoms with Gasteiger partial charge in [-0.1, -0.05) is 29.8 Å². The fraction of sp³-hybridized carbons (Fsp3) is 0.357. The highest BCUT2D eigenvalue weighted by Gasteiger charge is 2.20. The molecule has 0 atom stereocenters. The molecule has 1 aromatic carbocycles. The van der Waals surface area contributed by atoms with Crippen LogP contribution < -0.4 is 4.90 Å². The van der Waals surface area contributed by atoms with E-state index in [1.165, 1.54) is 0 Å². The summed E-state index contributed by atoms with van der Waals surface area (Å²) in [5.74, 6) is 0.0938. The number of halogens is 1. The van der Waals surface area contributed by atoms with Crippen LogP contribution in [0.5, 0.6) is 0 Å². The van der Waals surface area contributed by atoms with Crippen molar-refractivity contribution in [2.24, 2.45) is 0 Å². The maximum atomic E-state index is 11.7. The number of anilines is 1. The van der Waals surface area contributed by atoms with Crippen LogP contribution in [0, 0.1) is 0 Å². The maximum Gasteiger partial charge on any atom is 0.246 e. The molecular weight excluding hydrogens is 248 g/mol. The molecule has 0 bridgehead atoms. The van der Waals surface area contributed by atoms with Gasteiger partial charge >= 0.3 is 0 Å². The van der Waals surface area contributed by atoms with E-state index < -0.39 is 0 Å². The number of allylic oxidation sites excluding steroid dienone is 1. The standard InChI is InChI=1S/C14H17ClN2O/c1-2-5-14(18)17-10-8-16(9-11-17)13-7-4-3-6-12(13)15/h2-7H,8-11H2,1H3/b5-2-. The Labute approximate surface area is 113 Å². The summed E-state index contributed by atoms with van der Waals surface area (Å²) in [5.41, 5.74) is 1.05. The summed E-state index contributed by atoms with van der Waals surface area (Å²) in [4.78, 5) is 15.8. The molecule has 2 rings (SSSR count). The summed E-state index contributed by atoms with van der Waals surface area (Å²) in [6.07, 6.45) is 3.40. The minimum absolute atomic E-state index is 0.0938. The fourth-order valence-corrected chi connectivity index (χ4v) is 2.38. The average molecular weight is 265 g/mol. The molecule has 1 saturated heterocycles. The smallest absolute Gasteiger partial charge is 0.246 e. The van der Waals surface area contributed by atoms with Crippen LogP contribution in [-0.4, -0.2) is 37.0 Å². The number of hydrogen-bond acceptors (Lipinski definition) is 2. The van der Waals surface area contributed by atoms with Crippen molar-refractivity contribution in [3.05, 3.63) is 41.4 Å². The van der Waals surface area contributed by atoms with Crippen LogP contribution in [0.2, 0.25) is 5.02 Å². The van der Waals surface area contributed by atoms with Crippen molar-refractivity contribution in [1.29, 1.82) is 0 Å². The van der Waals surface area contributed by atoms with Crippen LogP contribution >= 0.6 is 11.6 Å². The van der Waals surface area contributed by atoms with Crippen LogP contribution in [0.15, 0.2) is 36.4 Å². The van der Waals surface area contributed by atoms with Crippen molar-refractivity contribution >= 4 is 23.2 Å². The molecule has 0 aliphatic carbocycles. The Bertz CT molecular complexity index is 451. The Morgan fingerprint density at radius 1 is 1.22 bits per heavy atom. The monoisotopic (exact) mass is 264 g/mol. The first-order valence-corrected chi connectivity index (χ1v) is 6.51. The second-order valence-corrected chi connectivity index (χ2v) is 4.67. The van der Waals surface area contributed by atoms with E-state index in [4.69, 9.17) is 11.6 Å². The summed E-state index contributed by atoms with van der Waals surface area (Å²) in [6, 6.07) is 7.83. The molecule has 1 heterocycles. The summed E-state index contributed by atoms with van der Waals surface area (Å²) in [5, 5.41) is 0.769. The highest BCUT2D eigenvalue weighted by molar-refractivity contribution is 6.33. The van der Waals surface area contributed by atoms with E-state index in [1.807, 2.05) is 36.1 Å².